The Hall–Kier alpha value is -2.18. The van der Waals surface area contributed by atoms with Gasteiger partial charge < -0.3 is 14.8 Å². The molecule has 5 nitrogen and oxygen atoms in total. The Bertz CT molecular complexity index is 703. The maximum absolute atomic E-state index is 11.9. The molecule has 24 heavy (non-hydrogen) atoms. The molecule has 6 heteroatoms. The summed E-state index contributed by atoms with van der Waals surface area (Å²) < 4.78 is 11.2. The average Bonchev–Trinajstić information content (AvgIpc) is 3.24. The van der Waals surface area contributed by atoms with Crippen LogP contribution in [0.2, 0.25) is 0 Å². The van der Waals surface area contributed by atoms with E-state index in [0.29, 0.717) is 6.61 Å². The molecule has 0 aliphatic carbocycles. The van der Waals surface area contributed by atoms with Gasteiger partial charge in [0.25, 0.3) is 0 Å². The second-order valence-corrected chi connectivity index (χ2v) is 6.84. The average molecular weight is 344 g/mol. The molecule has 1 aromatic heterocycles. The second kappa shape index (κ2) is 8.08. The van der Waals surface area contributed by atoms with Gasteiger partial charge >= 0.3 is 0 Å². The van der Waals surface area contributed by atoms with Gasteiger partial charge in [-0.3, -0.25) is 4.79 Å². The molecule has 1 atom stereocenters. The normalized spacial score (nSPS) is 17.3. The number of hydrogen-bond acceptors (Lipinski definition) is 5. The molecule has 1 saturated heterocycles. The lowest BCUT2D eigenvalue weighted by atomic mass is 10.2. The van der Waals surface area contributed by atoms with Crippen LogP contribution in [0.5, 0.6) is 5.75 Å². The lowest BCUT2D eigenvalue weighted by Gasteiger charge is -2.11. The van der Waals surface area contributed by atoms with E-state index in [4.69, 9.17) is 9.47 Å². The van der Waals surface area contributed by atoms with Gasteiger partial charge in [0.2, 0.25) is 5.91 Å². The number of benzene rings is 1. The van der Waals surface area contributed by atoms with E-state index in [0.717, 1.165) is 40.8 Å². The van der Waals surface area contributed by atoms with E-state index in [-0.39, 0.29) is 12.0 Å². The number of carbonyl (C=O) groups excluding carboxylic acids is 1. The van der Waals surface area contributed by atoms with Crippen LogP contribution in [0.15, 0.2) is 36.5 Å². The summed E-state index contributed by atoms with van der Waals surface area (Å²) >= 11 is 1.55. The summed E-state index contributed by atoms with van der Waals surface area (Å²) in [7, 11) is 0. The number of thiazole rings is 1. The highest BCUT2D eigenvalue weighted by atomic mass is 32.1. The predicted octanol–water partition coefficient (Wildman–Crippen LogP) is 3.66. The maximum atomic E-state index is 11.9. The quantitative estimate of drug-likeness (QED) is 0.813. The highest BCUT2D eigenvalue weighted by molar-refractivity contribution is 7.12. The molecule has 126 valence electrons. The Morgan fingerprint density at radius 2 is 2.29 bits per heavy atom. The first-order valence-electron chi connectivity index (χ1n) is 7.95. The fourth-order valence-electron chi connectivity index (χ4n) is 2.40. The molecule has 2 aromatic rings. The Balaban J connectivity index is 1.48. The highest BCUT2D eigenvalue weighted by Crippen LogP contribution is 2.19. The number of nitrogens with zero attached hydrogens (tertiary/aromatic N) is 1. The summed E-state index contributed by atoms with van der Waals surface area (Å²) in [5.74, 6) is 0.605. The standard InChI is InChI=1S/C18H20N2O3S/c1-13-19-11-17(24-13)8-9-18(21)20-14-4-6-15(7-5-14)23-12-16-3-2-10-22-16/h4-9,11,16H,2-3,10,12H2,1H3,(H,20,21)/b9-8-/t16-/m0/s1. The van der Waals surface area contributed by atoms with E-state index in [1.54, 1.807) is 23.6 Å². The maximum Gasteiger partial charge on any atom is 0.248 e. The van der Waals surface area contributed by atoms with Crippen LogP contribution < -0.4 is 10.1 Å². The van der Waals surface area contributed by atoms with Crippen LogP contribution in [0.1, 0.15) is 22.7 Å². The van der Waals surface area contributed by atoms with Crippen molar-refractivity contribution < 1.29 is 14.3 Å². The van der Waals surface area contributed by atoms with Crippen LogP contribution in [0, 0.1) is 6.92 Å². The van der Waals surface area contributed by atoms with Crippen molar-refractivity contribution >= 4 is 29.0 Å². The van der Waals surface area contributed by atoms with Gasteiger partial charge in [0.15, 0.2) is 0 Å². The minimum atomic E-state index is -0.172. The van der Waals surface area contributed by atoms with Crippen molar-refractivity contribution in [3.05, 3.63) is 46.4 Å². The number of aromatic nitrogens is 1. The number of nitrogens with one attached hydrogen (secondary N) is 1. The van der Waals surface area contributed by atoms with Gasteiger partial charge in [0.05, 0.1) is 11.1 Å². The van der Waals surface area contributed by atoms with Crippen LogP contribution in [0.3, 0.4) is 0 Å². The number of hydrogen-bond donors (Lipinski definition) is 1. The zero-order valence-electron chi connectivity index (χ0n) is 13.5. The molecule has 3 rings (SSSR count). The van der Waals surface area contributed by atoms with E-state index in [1.807, 2.05) is 31.2 Å². The molecule has 0 unspecified atom stereocenters. The Morgan fingerprint density at radius 3 is 2.96 bits per heavy atom. The van der Waals surface area contributed by atoms with Crippen molar-refractivity contribution in [3.8, 4) is 5.75 Å². The first-order chi connectivity index (χ1) is 11.7. The lowest BCUT2D eigenvalue weighted by molar-refractivity contribution is -0.111. The lowest BCUT2D eigenvalue weighted by Crippen LogP contribution is -2.16. The monoisotopic (exact) mass is 344 g/mol. The molecular weight excluding hydrogens is 324 g/mol. The molecule has 1 amide bonds. The number of anilines is 1. The number of carbonyl (C=O) groups is 1. The van der Waals surface area contributed by atoms with Crippen LogP contribution in [-0.4, -0.2) is 30.2 Å². The topological polar surface area (TPSA) is 60.5 Å². The van der Waals surface area contributed by atoms with Crippen molar-refractivity contribution in [2.24, 2.45) is 0 Å². The first kappa shape index (κ1) is 16.7. The fraction of sp³-hybridized carbons (Fsp3) is 0.333. The minimum absolute atomic E-state index is 0.172. The molecule has 1 aliphatic rings. The van der Waals surface area contributed by atoms with E-state index in [9.17, 15) is 4.79 Å². The van der Waals surface area contributed by atoms with Crippen molar-refractivity contribution in [1.82, 2.24) is 4.98 Å². The molecule has 1 N–H and O–H groups in total. The molecule has 2 heterocycles. The second-order valence-electron chi connectivity index (χ2n) is 5.57. The van der Waals surface area contributed by atoms with E-state index < -0.39 is 0 Å². The Kier molecular flexibility index (Phi) is 5.61. The zero-order valence-corrected chi connectivity index (χ0v) is 14.3. The number of aryl methyl sites for hydroxylation is 1. The van der Waals surface area contributed by atoms with E-state index >= 15 is 0 Å². The van der Waals surface area contributed by atoms with Crippen LogP contribution >= 0.6 is 11.3 Å². The summed E-state index contributed by atoms with van der Waals surface area (Å²) in [5, 5.41) is 3.80. The fourth-order valence-corrected chi connectivity index (χ4v) is 3.08. The van der Waals surface area contributed by atoms with Crippen molar-refractivity contribution in [1.29, 1.82) is 0 Å². The third kappa shape index (κ3) is 4.91. The molecule has 1 aliphatic heterocycles. The van der Waals surface area contributed by atoms with Crippen molar-refractivity contribution in [2.45, 2.75) is 25.9 Å². The molecule has 0 radical (unpaired) electrons. The summed E-state index contributed by atoms with van der Waals surface area (Å²) in [5.41, 5.74) is 0.731. The Labute approximate surface area is 145 Å². The van der Waals surface area contributed by atoms with Crippen molar-refractivity contribution in [2.75, 3.05) is 18.5 Å². The van der Waals surface area contributed by atoms with Gasteiger partial charge in [-0.15, -0.1) is 11.3 Å². The van der Waals surface area contributed by atoms with Crippen LogP contribution in [0.4, 0.5) is 5.69 Å². The first-order valence-corrected chi connectivity index (χ1v) is 8.77. The summed E-state index contributed by atoms with van der Waals surface area (Å²) in [6, 6.07) is 7.35. The zero-order chi connectivity index (χ0) is 16.8. The molecule has 0 bridgehead atoms. The Morgan fingerprint density at radius 1 is 1.46 bits per heavy atom. The third-order valence-electron chi connectivity index (χ3n) is 3.62. The van der Waals surface area contributed by atoms with Crippen LogP contribution in [-0.2, 0) is 9.53 Å². The van der Waals surface area contributed by atoms with E-state index in [2.05, 4.69) is 10.3 Å². The van der Waals surface area contributed by atoms with Gasteiger partial charge in [-0.05, 0) is 50.1 Å². The molecule has 1 aromatic carbocycles. The SMILES string of the molecule is Cc1ncc(/C=C\C(=O)Nc2ccc(OC[C@@H]3CCCO3)cc2)s1. The van der Waals surface area contributed by atoms with Gasteiger partial charge in [0, 0.05) is 29.4 Å². The number of ether oxygens (including phenoxy) is 2. The highest BCUT2D eigenvalue weighted by Gasteiger charge is 2.15. The summed E-state index contributed by atoms with van der Waals surface area (Å²) in [6.45, 7) is 3.33. The predicted molar refractivity (Wildman–Crippen MR) is 95.4 cm³/mol. The van der Waals surface area contributed by atoms with Crippen molar-refractivity contribution in [3.63, 3.8) is 0 Å². The number of rotatable bonds is 6. The molecule has 1 fully saturated rings. The van der Waals surface area contributed by atoms with E-state index in [1.165, 1.54) is 6.08 Å². The number of amides is 1. The molecule has 0 spiro atoms. The molecule has 0 saturated carbocycles. The van der Waals surface area contributed by atoms with Gasteiger partial charge in [-0.1, -0.05) is 0 Å². The molecular formula is C18H20N2O3S. The minimum Gasteiger partial charge on any atom is -0.491 e. The van der Waals surface area contributed by atoms with Gasteiger partial charge in [-0.2, -0.15) is 0 Å². The largest absolute Gasteiger partial charge is 0.491 e. The van der Waals surface area contributed by atoms with Gasteiger partial charge in [0.1, 0.15) is 12.4 Å². The third-order valence-corrected chi connectivity index (χ3v) is 4.50. The summed E-state index contributed by atoms with van der Waals surface area (Å²) in [4.78, 5) is 17.0. The van der Waals surface area contributed by atoms with Crippen LogP contribution in [0.25, 0.3) is 6.08 Å². The van der Waals surface area contributed by atoms with Gasteiger partial charge in [-0.25, -0.2) is 4.98 Å². The summed E-state index contributed by atoms with van der Waals surface area (Å²) in [6.07, 6.45) is 7.38. The smallest absolute Gasteiger partial charge is 0.248 e.